The number of benzene rings is 2. The zero-order valence-corrected chi connectivity index (χ0v) is 13.3. The fourth-order valence-electron chi connectivity index (χ4n) is 1.83. The molecule has 0 saturated heterocycles. The van der Waals surface area contributed by atoms with Crippen LogP contribution in [0.4, 0.5) is 11.4 Å². The Morgan fingerprint density at radius 3 is 2.55 bits per heavy atom. The van der Waals surface area contributed by atoms with Crippen molar-refractivity contribution in [3.63, 3.8) is 0 Å². The predicted octanol–water partition coefficient (Wildman–Crippen LogP) is 3.39. The third-order valence-electron chi connectivity index (χ3n) is 2.89. The number of anilines is 2. The lowest BCUT2D eigenvalue weighted by molar-refractivity contribution is 0.601. The molecule has 4 nitrogen and oxygen atoms in total. The van der Waals surface area contributed by atoms with Crippen LogP contribution in [0.2, 0.25) is 0 Å². The highest BCUT2D eigenvalue weighted by molar-refractivity contribution is 9.10. The molecule has 0 heterocycles. The molecule has 0 aliphatic heterocycles. The Morgan fingerprint density at radius 2 is 1.95 bits per heavy atom. The molecule has 2 rings (SSSR count). The van der Waals surface area contributed by atoms with Crippen LogP contribution in [0.25, 0.3) is 0 Å². The summed E-state index contributed by atoms with van der Waals surface area (Å²) in [5, 5.41) is 0. The number of hydrogen-bond acceptors (Lipinski definition) is 3. The summed E-state index contributed by atoms with van der Waals surface area (Å²) in [4.78, 5) is 0.159. The summed E-state index contributed by atoms with van der Waals surface area (Å²) >= 11 is 3.30. The van der Waals surface area contributed by atoms with Crippen LogP contribution in [0.1, 0.15) is 12.5 Å². The molecule has 0 saturated carbocycles. The van der Waals surface area contributed by atoms with Crippen molar-refractivity contribution < 1.29 is 8.42 Å². The van der Waals surface area contributed by atoms with E-state index in [2.05, 4.69) is 20.7 Å². The Hall–Kier alpha value is -1.53. The Balaban J connectivity index is 2.33. The predicted molar refractivity (Wildman–Crippen MR) is 85.2 cm³/mol. The van der Waals surface area contributed by atoms with Crippen molar-refractivity contribution in [2.24, 2.45) is 0 Å². The first-order valence-electron chi connectivity index (χ1n) is 6.09. The molecular formula is C14H15BrN2O2S. The van der Waals surface area contributed by atoms with E-state index in [4.69, 9.17) is 5.73 Å². The normalized spacial score (nSPS) is 11.3. The smallest absolute Gasteiger partial charge is 0.261 e. The van der Waals surface area contributed by atoms with Gasteiger partial charge in [0.25, 0.3) is 10.0 Å². The molecule has 20 heavy (non-hydrogen) atoms. The van der Waals surface area contributed by atoms with Crippen molar-refractivity contribution in [3.05, 3.63) is 52.5 Å². The van der Waals surface area contributed by atoms with Gasteiger partial charge in [0.1, 0.15) is 0 Å². The molecule has 0 aliphatic rings. The third kappa shape index (κ3) is 3.32. The zero-order valence-electron chi connectivity index (χ0n) is 10.9. The van der Waals surface area contributed by atoms with E-state index in [-0.39, 0.29) is 4.90 Å². The lowest BCUT2D eigenvalue weighted by atomic mass is 10.1. The number of sulfonamides is 1. The second-order valence-electron chi connectivity index (χ2n) is 4.33. The van der Waals surface area contributed by atoms with Crippen molar-refractivity contribution in [2.75, 3.05) is 10.5 Å². The second-order valence-corrected chi connectivity index (χ2v) is 6.93. The molecule has 0 amide bonds. The van der Waals surface area contributed by atoms with Gasteiger partial charge in [0.2, 0.25) is 0 Å². The molecule has 2 aromatic carbocycles. The molecule has 0 radical (unpaired) electrons. The number of rotatable bonds is 4. The molecule has 0 fully saturated rings. The monoisotopic (exact) mass is 354 g/mol. The number of aryl methyl sites for hydroxylation is 1. The van der Waals surface area contributed by atoms with E-state index in [9.17, 15) is 8.42 Å². The van der Waals surface area contributed by atoms with E-state index in [1.807, 2.05) is 13.0 Å². The fraction of sp³-hybridized carbons (Fsp3) is 0.143. The lowest BCUT2D eigenvalue weighted by Crippen LogP contribution is -2.13. The van der Waals surface area contributed by atoms with E-state index >= 15 is 0 Å². The maximum absolute atomic E-state index is 12.3. The summed E-state index contributed by atoms with van der Waals surface area (Å²) < 4.78 is 27.9. The first-order chi connectivity index (χ1) is 9.42. The van der Waals surface area contributed by atoms with Crippen LogP contribution < -0.4 is 10.5 Å². The summed E-state index contributed by atoms with van der Waals surface area (Å²) in [7, 11) is -3.63. The van der Waals surface area contributed by atoms with Gasteiger partial charge >= 0.3 is 0 Å². The molecular weight excluding hydrogens is 340 g/mol. The fourth-order valence-corrected chi connectivity index (χ4v) is 3.31. The molecule has 2 aromatic rings. The highest BCUT2D eigenvalue weighted by Crippen LogP contribution is 2.22. The summed E-state index contributed by atoms with van der Waals surface area (Å²) in [6.45, 7) is 1.97. The quantitative estimate of drug-likeness (QED) is 0.826. The van der Waals surface area contributed by atoms with Crippen LogP contribution in [-0.4, -0.2) is 8.42 Å². The first-order valence-corrected chi connectivity index (χ1v) is 8.37. The molecule has 0 atom stereocenters. The maximum atomic E-state index is 12.3. The van der Waals surface area contributed by atoms with Crippen LogP contribution in [0.3, 0.4) is 0 Å². The van der Waals surface area contributed by atoms with E-state index in [0.29, 0.717) is 11.4 Å². The largest absolute Gasteiger partial charge is 0.398 e. The first kappa shape index (κ1) is 14.9. The van der Waals surface area contributed by atoms with Crippen molar-refractivity contribution >= 4 is 37.3 Å². The van der Waals surface area contributed by atoms with Gasteiger partial charge in [-0.3, -0.25) is 4.72 Å². The number of nitrogens with one attached hydrogen (secondary N) is 1. The zero-order chi connectivity index (χ0) is 14.8. The van der Waals surface area contributed by atoms with Gasteiger partial charge in [0.05, 0.1) is 4.90 Å². The van der Waals surface area contributed by atoms with Crippen LogP contribution in [-0.2, 0) is 16.4 Å². The van der Waals surface area contributed by atoms with Crippen LogP contribution in [0.15, 0.2) is 51.8 Å². The molecule has 6 heteroatoms. The Labute approximate surface area is 127 Å². The molecule has 0 aromatic heterocycles. The van der Waals surface area contributed by atoms with Gasteiger partial charge in [-0.05, 0) is 42.3 Å². The van der Waals surface area contributed by atoms with Gasteiger partial charge in [-0.1, -0.05) is 35.0 Å². The standard InChI is InChI=1S/C14H15BrN2O2S/c1-2-10-6-7-13(9-14(10)16)20(18,19)17-12-5-3-4-11(15)8-12/h3-9,17H,2,16H2,1H3. The number of halogens is 1. The molecule has 0 spiro atoms. The van der Waals surface area contributed by atoms with Gasteiger partial charge in [-0.2, -0.15) is 0 Å². The minimum Gasteiger partial charge on any atom is -0.398 e. The Kier molecular flexibility index (Phi) is 4.35. The van der Waals surface area contributed by atoms with Gasteiger partial charge in [-0.25, -0.2) is 8.42 Å². The van der Waals surface area contributed by atoms with Crippen LogP contribution in [0, 0.1) is 0 Å². The summed E-state index contributed by atoms with van der Waals surface area (Å²) in [6, 6.07) is 11.8. The molecule has 0 aliphatic carbocycles. The van der Waals surface area contributed by atoms with Crippen molar-refractivity contribution in [2.45, 2.75) is 18.2 Å². The minimum absolute atomic E-state index is 0.159. The van der Waals surface area contributed by atoms with E-state index in [0.717, 1.165) is 16.5 Å². The van der Waals surface area contributed by atoms with Gasteiger partial charge in [0, 0.05) is 15.8 Å². The van der Waals surface area contributed by atoms with Crippen molar-refractivity contribution in [1.82, 2.24) is 0 Å². The highest BCUT2D eigenvalue weighted by atomic mass is 79.9. The summed E-state index contributed by atoms with van der Waals surface area (Å²) in [6.07, 6.45) is 0.769. The van der Waals surface area contributed by atoms with E-state index in [1.54, 1.807) is 30.3 Å². The van der Waals surface area contributed by atoms with Crippen LogP contribution in [0.5, 0.6) is 0 Å². The van der Waals surface area contributed by atoms with Gasteiger partial charge in [0.15, 0.2) is 0 Å². The summed E-state index contributed by atoms with van der Waals surface area (Å²) in [5.41, 5.74) is 7.77. The topological polar surface area (TPSA) is 72.2 Å². The number of hydrogen-bond donors (Lipinski definition) is 2. The minimum atomic E-state index is -3.63. The average molecular weight is 355 g/mol. The average Bonchev–Trinajstić information content (AvgIpc) is 2.38. The lowest BCUT2D eigenvalue weighted by Gasteiger charge is -2.10. The van der Waals surface area contributed by atoms with Crippen molar-refractivity contribution in [3.8, 4) is 0 Å². The number of nitrogens with two attached hydrogens (primary N) is 1. The molecule has 106 valence electrons. The Morgan fingerprint density at radius 1 is 1.20 bits per heavy atom. The van der Waals surface area contributed by atoms with Gasteiger partial charge in [-0.15, -0.1) is 0 Å². The molecule has 0 unspecified atom stereocenters. The van der Waals surface area contributed by atoms with Crippen molar-refractivity contribution in [1.29, 1.82) is 0 Å². The Bertz CT molecular complexity index is 730. The van der Waals surface area contributed by atoms with Gasteiger partial charge < -0.3 is 5.73 Å². The van der Waals surface area contributed by atoms with E-state index < -0.39 is 10.0 Å². The molecule has 0 bridgehead atoms. The second kappa shape index (κ2) is 5.85. The SMILES string of the molecule is CCc1ccc(S(=O)(=O)Nc2cccc(Br)c2)cc1N. The van der Waals surface area contributed by atoms with E-state index in [1.165, 1.54) is 6.07 Å². The highest BCUT2D eigenvalue weighted by Gasteiger charge is 2.15. The number of nitrogen functional groups attached to an aromatic ring is 1. The molecule has 3 N–H and O–H groups in total. The summed E-state index contributed by atoms with van der Waals surface area (Å²) in [5.74, 6) is 0. The maximum Gasteiger partial charge on any atom is 0.261 e. The van der Waals surface area contributed by atoms with Crippen LogP contribution >= 0.6 is 15.9 Å². The third-order valence-corrected chi connectivity index (χ3v) is 4.76.